The number of benzene rings is 1. The minimum absolute atomic E-state index is 0.134. The summed E-state index contributed by atoms with van der Waals surface area (Å²) in [5.74, 6) is -0.372. The number of nitrogens with one attached hydrogen (secondary N) is 1. The maximum Gasteiger partial charge on any atom is 0.295 e. The molecule has 0 aliphatic carbocycles. The van der Waals surface area contributed by atoms with Crippen LogP contribution in [0, 0.1) is 5.82 Å². The minimum atomic E-state index is -1.06. The number of imidazole rings is 1. The molecule has 0 bridgehead atoms. The monoisotopic (exact) mass is 387 g/mol. The fourth-order valence-corrected chi connectivity index (χ4v) is 3.43. The van der Waals surface area contributed by atoms with E-state index in [2.05, 4.69) is 15.6 Å². The van der Waals surface area contributed by atoms with Crippen LogP contribution in [-0.4, -0.2) is 39.8 Å². The van der Waals surface area contributed by atoms with Crippen LogP contribution in [0.1, 0.15) is 35.4 Å². The van der Waals surface area contributed by atoms with E-state index in [1.807, 2.05) is 0 Å². The van der Waals surface area contributed by atoms with Crippen molar-refractivity contribution < 1.29 is 18.4 Å². The number of anilines is 1. The maximum atomic E-state index is 14.2. The molecule has 1 aliphatic rings. The van der Waals surface area contributed by atoms with Gasteiger partial charge in [0, 0.05) is 6.42 Å². The second kappa shape index (κ2) is 7.51. The Morgan fingerprint density at radius 1 is 1.36 bits per heavy atom. The number of nitrogens with zero attached hydrogens (tertiary/aromatic N) is 4. The molecular formula is C19H19F2N5O2. The van der Waals surface area contributed by atoms with E-state index in [0.29, 0.717) is 23.6 Å². The number of hydrogen-bond acceptors (Lipinski definition) is 5. The zero-order valence-electron chi connectivity index (χ0n) is 15.2. The van der Waals surface area contributed by atoms with E-state index >= 15 is 0 Å². The molecule has 1 unspecified atom stereocenters. The molecule has 3 aromatic rings. The molecular weight excluding hydrogens is 368 g/mol. The first-order valence-electron chi connectivity index (χ1n) is 9.00. The summed E-state index contributed by atoms with van der Waals surface area (Å²) in [4.78, 5) is 23.1. The lowest BCUT2D eigenvalue weighted by atomic mass is 10.0. The highest BCUT2D eigenvalue weighted by atomic mass is 19.1. The topological polar surface area (TPSA) is 71.8 Å². The van der Waals surface area contributed by atoms with Crippen molar-refractivity contribution in [2.45, 2.75) is 25.6 Å². The van der Waals surface area contributed by atoms with Crippen LogP contribution in [0.3, 0.4) is 0 Å². The highest BCUT2D eigenvalue weighted by Gasteiger charge is 2.34. The predicted octanol–water partition coefficient (Wildman–Crippen LogP) is 2.84. The number of hydrogen-bond donors (Lipinski definition) is 1. The lowest BCUT2D eigenvalue weighted by Gasteiger charge is -2.25. The number of halogens is 2. The van der Waals surface area contributed by atoms with Gasteiger partial charge < -0.3 is 4.90 Å². The number of carbonyl (C=O) groups excluding carboxylic acids is 1. The molecule has 4 rings (SSSR count). The van der Waals surface area contributed by atoms with Crippen molar-refractivity contribution >= 4 is 17.4 Å². The molecule has 146 valence electrons. The fraction of sp³-hybridized carbons (Fsp3) is 0.316. The number of fused-ring (bicyclic) bond motifs is 1. The SMILES string of the molecule is CCONC(=O)c1cnc2ccc(N3C[C@@H](F)CC3c3cccc(F)c3)nn12. The highest BCUT2D eigenvalue weighted by molar-refractivity contribution is 5.92. The van der Waals surface area contributed by atoms with Gasteiger partial charge in [0.1, 0.15) is 17.8 Å². The summed E-state index contributed by atoms with van der Waals surface area (Å²) in [7, 11) is 0. The van der Waals surface area contributed by atoms with Crippen molar-refractivity contribution in [3.63, 3.8) is 0 Å². The van der Waals surface area contributed by atoms with Crippen molar-refractivity contribution in [1.82, 2.24) is 20.1 Å². The average molecular weight is 387 g/mol. The van der Waals surface area contributed by atoms with Gasteiger partial charge in [0.15, 0.2) is 11.3 Å². The standard InChI is InChI=1S/C19H19F2N5O2/c1-2-28-24-19(27)16-10-22-17-6-7-18(23-26(16)17)25-11-14(21)9-15(25)12-4-3-5-13(20)8-12/h3-8,10,14-15H,2,9,11H2,1H3,(H,24,27)/t14-,15?/m0/s1. The smallest absolute Gasteiger partial charge is 0.295 e. The second-order valence-corrected chi connectivity index (χ2v) is 6.53. The number of amides is 1. The van der Waals surface area contributed by atoms with Crippen LogP contribution in [0.2, 0.25) is 0 Å². The van der Waals surface area contributed by atoms with Crippen molar-refractivity contribution in [3.8, 4) is 0 Å². The second-order valence-electron chi connectivity index (χ2n) is 6.53. The van der Waals surface area contributed by atoms with Gasteiger partial charge in [0.25, 0.3) is 5.91 Å². The largest absolute Gasteiger partial charge is 0.345 e. The zero-order chi connectivity index (χ0) is 19.7. The van der Waals surface area contributed by atoms with Gasteiger partial charge in [-0.25, -0.2) is 23.8 Å². The molecule has 1 aliphatic heterocycles. The highest BCUT2D eigenvalue weighted by Crippen LogP contribution is 2.36. The minimum Gasteiger partial charge on any atom is -0.345 e. The molecule has 9 heteroatoms. The molecule has 3 heterocycles. The van der Waals surface area contributed by atoms with Gasteiger partial charge in [-0.05, 0) is 36.8 Å². The molecule has 1 aromatic carbocycles. The van der Waals surface area contributed by atoms with E-state index in [1.54, 1.807) is 36.1 Å². The van der Waals surface area contributed by atoms with Crippen molar-refractivity contribution in [2.75, 3.05) is 18.1 Å². The summed E-state index contributed by atoms with van der Waals surface area (Å²) < 4.78 is 29.3. The Hall–Kier alpha value is -3.07. The van der Waals surface area contributed by atoms with Crippen LogP contribution in [0.4, 0.5) is 14.6 Å². The molecule has 0 saturated carbocycles. The van der Waals surface area contributed by atoms with E-state index < -0.39 is 12.1 Å². The molecule has 7 nitrogen and oxygen atoms in total. The summed E-state index contributed by atoms with van der Waals surface area (Å²) in [5.41, 5.74) is 3.66. The summed E-state index contributed by atoms with van der Waals surface area (Å²) in [6.07, 6.45) is 0.575. The maximum absolute atomic E-state index is 14.2. The Morgan fingerprint density at radius 2 is 2.21 bits per heavy atom. The summed E-state index contributed by atoms with van der Waals surface area (Å²) in [5, 5.41) is 4.48. The van der Waals surface area contributed by atoms with Crippen LogP contribution in [0.15, 0.2) is 42.6 Å². The van der Waals surface area contributed by atoms with E-state index in [-0.39, 0.29) is 30.5 Å². The number of alkyl halides is 1. The molecule has 28 heavy (non-hydrogen) atoms. The molecule has 1 amide bonds. The number of rotatable bonds is 5. The first kappa shape index (κ1) is 18.3. The van der Waals surface area contributed by atoms with Crippen LogP contribution < -0.4 is 10.4 Å². The van der Waals surface area contributed by atoms with Crippen molar-refractivity contribution in [2.24, 2.45) is 0 Å². The molecule has 0 radical (unpaired) electrons. The van der Waals surface area contributed by atoms with Crippen molar-refractivity contribution in [1.29, 1.82) is 0 Å². The van der Waals surface area contributed by atoms with Crippen LogP contribution in [0.5, 0.6) is 0 Å². The number of aromatic nitrogens is 3. The van der Waals surface area contributed by atoms with Gasteiger partial charge in [0.05, 0.1) is 25.4 Å². The lowest BCUT2D eigenvalue weighted by molar-refractivity contribution is 0.0358. The van der Waals surface area contributed by atoms with Crippen LogP contribution >= 0.6 is 0 Å². The first-order chi connectivity index (χ1) is 13.6. The van der Waals surface area contributed by atoms with E-state index in [0.717, 1.165) is 0 Å². The molecule has 1 fully saturated rings. The Kier molecular flexibility index (Phi) is 4.91. The Morgan fingerprint density at radius 3 is 3.00 bits per heavy atom. The number of hydroxylamine groups is 1. The normalized spacial score (nSPS) is 19.3. The molecule has 1 N–H and O–H groups in total. The molecule has 1 saturated heterocycles. The van der Waals surface area contributed by atoms with Gasteiger partial charge in [-0.1, -0.05) is 12.1 Å². The third-order valence-electron chi connectivity index (χ3n) is 4.67. The zero-order valence-corrected chi connectivity index (χ0v) is 15.2. The molecule has 2 aromatic heterocycles. The molecule has 0 spiro atoms. The summed E-state index contributed by atoms with van der Waals surface area (Å²) >= 11 is 0. The van der Waals surface area contributed by atoms with Crippen LogP contribution in [-0.2, 0) is 4.84 Å². The Labute approximate surface area is 159 Å². The van der Waals surface area contributed by atoms with Gasteiger partial charge in [-0.2, -0.15) is 0 Å². The first-order valence-corrected chi connectivity index (χ1v) is 9.00. The van der Waals surface area contributed by atoms with Gasteiger partial charge in [-0.15, -0.1) is 5.10 Å². The lowest BCUT2D eigenvalue weighted by Crippen LogP contribution is -2.27. The Bertz CT molecular complexity index is 1010. The van der Waals surface area contributed by atoms with E-state index in [4.69, 9.17) is 4.84 Å². The van der Waals surface area contributed by atoms with Crippen molar-refractivity contribution in [3.05, 3.63) is 59.7 Å². The predicted molar refractivity (Wildman–Crippen MR) is 98.1 cm³/mol. The average Bonchev–Trinajstić information content (AvgIpc) is 3.29. The van der Waals surface area contributed by atoms with E-state index in [1.165, 1.54) is 22.8 Å². The fourth-order valence-electron chi connectivity index (χ4n) is 3.43. The van der Waals surface area contributed by atoms with Gasteiger partial charge in [-0.3, -0.25) is 9.63 Å². The third kappa shape index (κ3) is 3.40. The third-order valence-corrected chi connectivity index (χ3v) is 4.67. The van der Waals surface area contributed by atoms with Crippen LogP contribution in [0.25, 0.3) is 5.65 Å². The van der Waals surface area contributed by atoms with Gasteiger partial charge in [0.2, 0.25) is 0 Å². The summed E-state index contributed by atoms with van der Waals surface area (Å²) in [6, 6.07) is 9.22. The Balaban J connectivity index is 1.70. The van der Waals surface area contributed by atoms with Gasteiger partial charge >= 0.3 is 0 Å². The molecule has 2 atom stereocenters. The number of carbonyl (C=O) groups is 1. The summed E-state index contributed by atoms with van der Waals surface area (Å²) in [6.45, 7) is 2.20. The quantitative estimate of drug-likeness (QED) is 0.682. The van der Waals surface area contributed by atoms with E-state index in [9.17, 15) is 13.6 Å².